The molecule has 0 amide bonds. The molecule has 0 heterocycles. The van der Waals surface area contributed by atoms with Crippen molar-refractivity contribution in [3.8, 4) is 0 Å². The van der Waals surface area contributed by atoms with Gasteiger partial charge in [-0.05, 0) is 95.4 Å². The van der Waals surface area contributed by atoms with E-state index in [1.165, 1.54) is 38.9 Å². The number of hydrogen-bond donors (Lipinski definition) is 0. The first-order valence-electron chi connectivity index (χ1n) is 13.4. The maximum Gasteiger partial charge on any atom is -0.00467 e. The van der Waals surface area contributed by atoms with Crippen molar-refractivity contribution < 1.29 is 0 Å². The molecule has 0 nitrogen and oxygen atoms in total. The lowest BCUT2D eigenvalue weighted by Gasteiger charge is -2.31. The summed E-state index contributed by atoms with van der Waals surface area (Å²) in [6.45, 7) is 9.21. The van der Waals surface area contributed by atoms with Crippen molar-refractivity contribution in [3.63, 3.8) is 0 Å². The Morgan fingerprint density at radius 1 is 0.514 bits per heavy atom. The molecule has 0 spiro atoms. The average molecular weight is 461 g/mol. The highest BCUT2D eigenvalue weighted by Gasteiger charge is 2.28. The quantitative estimate of drug-likeness (QED) is 0.221. The summed E-state index contributed by atoms with van der Waals surface area (Å²) in [5, 5.41) is 0. The van der Waals surface area contributed by atoms with Crippen LogP contribution in [0.1, 0.15) is 77.1 Å². The van der Waals surface area contributed by atoms with Crippen molar-refractivity contribution >= 4 is 0 Å². The topological polar surface area (TPSA) is 0 Å². The Morgan fingerprint density at radius 3 is 1.77 bits per heavy atom. The number of rotatable bonds is 10. The van der Waals surface area contributed by atoms with E-state index in [4.69, 9.17) is 0 Å². The zero-order valence-corrected chi connectivity index (χ0v) is 21.9. The molecule has 0 aliphatic rings. The van der Waals surface area contributed by atoms with Gasteiger partial charge in [-0.1, -0.05) is 118 Å². The first-order valence-corrected chi connectivity index (χ1v) is 13.4. The van der Waals surface area contributed by atoms with E-state index in [-0.39, 0.29) is 0 Å². The SMILES string of the molecule is CCc1cccc(C(Cc2ccccc2)C(Cc2cccc(CC)c2CC)c2ccccc2)c1C. The van der Waals surface area contributed by atoms with Crippen molar-refractivity contribution in [1.82, 2.24) is 0 Å². The first kappa shape index (κ1) is 25.0. The fourth-order valence-electron chi connectivity index (χ4n) is 5.92. The molecule has 2 unspecified atom stereocenters. The van der Waals surface area contributed by atoms with Crippen LogP contribution in [-0.2, 0) is 32.1 Å². The maximum atomic E-state index is 2.39. The summed E-state index contributed by atoms with van der Waals surface area (Å²) >= 11 is 0. The van der Waals surface area contributed by atoms with Gasteiger partial charge in [0.05, 0.1) is 0 Å². The van der Waals surface area contributed by atoms with Crippen LogP contribution >= 0.6 is 0 Å². The Morgan fingerprint density at radius 2 is 1.11 bits per heavy atom. The van der Waals surface area contributed by atoms with Crippen molar-refractivity contribution in [2.24, 2.45) is 0 Å². The Labute approximate surface area is 213 Å². The van der Waals surface area contributed by atoms with Gasteiger partial charge < -0.3 is 0 Å². The second-order valence-electron chi connectivity index (χ2n) is 9.76. The summed E-state index contributed by atoms with van der Waals surface area (Å²) in [4.78, 5) is 0. The third-order valence-electron chi connectivity index (χ3n) is 7.82. The van der Waals surface area contributed by atoms with E-state index in [9.17, 15) is 0 Å². The summed E-state index contributed by atoms with van der Waals surface area (Å²) in [5.74, 6) is 0.806. The number of benzene rings is 4. The molecule has 0 bridgehead atoms. The summed E-state index contributed by atoms with van der Waals surface area (Å²) in [7, 11) is 0. The molecular formula is C35H40. The van der Waals surface area contributed by atoms with Gasteiger partial charge in [-0.2, -0.15) is 0 Å². The molecule has 180 valence electrons. The Kier molecular flexibility index (Phi) is 8.59. The predicted octanol–water partition coefficient (Wildman–Crippen LogP) is 9.04. The van der Waals surface area contributed by atoms with Gasteiger partial charge in [-0.25, -0.2) is 0 Å². The van der Waals surface area contributed by atoms with Crippen LogP contribution < -0.4 is 0 Å². The van der Waals surface area contributed by atoms with Gasteiger partial charge in [0.25, 0.3) is 0 Å². The van der Waals surface area contributed by atoms with Crippen LogP contribution in [0.5, 0.6) is 0 Å². The molecule has 0 radical (unpaired) electrons. The molecule has 4 rings (SSSR count). The summed E-state index contributed by atoms with van der Waals surface area (Å²) in [6.07, 6.45) is 5.37. The molecule has 2 atom stereocenters. The minimum absolute atomic E-state index is 0.402. The van der Waals surface area contributed by atoms with Crippen molar-refractivity contribution in [1.29, 1.82) is 0 Å². The van der Waals surface area contributed by atoms with E-state index >= 15 is 0 Å². The smallest absolute Gasteiger partial charge is 0.00467 e. The highest BCUT2D eigenvalue weighted by Crippen LogP contribution is 2.41. The highest BCUT2D eigenvalue weighted by atomic mass is 14.3. The minimum Gasteiger partial charge on any atom is -0.0622 e. The van der Waals surface area contributed by atoms with E-state index in [2.05, 4.69) is 125 Å². The standard InChI is InChI=1S/C35H40/c1-5-28-20-15-23-33(26(28)4)35(24-27-16-10-8-11-17-27)34(30-18-12-9-13-19-30)25-31-22-14-21-29(6-2)32(31)7-3/h8-23,34-35H,5-7,24-25H2,1-4H3. The Bertz CT molecular complexity index is 1200. The fraction of sp³-hybridized carbons (Fsp3) is 0.314. The van der Waals surface area contributed by atoms with E-state index in [0.717, 1.165) is 32.1 Å². The van der Waals surface area contributed by atoms with Crippen molar-refractivity contribution in [3.05, 3.63) is 142 Å². The third-order valence-corrected chi connectivity index (χ3v) is 7.82. The van der Waals surface area contributed by atoms with Gasteiger partial charge in [0, 0.05) is 0 Å². The Balaban J connectivity index is 1.87. The van der Waals surface area contributed by atoms with Gasteiger partial charge >= 0.3 is 0 Å². The third kappa shape index (κ3) is 5.76. The van der Waals surface area contributed by atoms with E-state index in [1.54, 1.807) is 5.56 Å². The van der Waals surface area contributed by atoms with Crippen molar-refractivity contribution in [2.45, 2.75) is 71.6 Å². The molecule has 4 aromatic rings. The molecule has 0 aromatic heterocycles. The van der Waals surface area contributed by atoms with Gasteiger partial charge in [0.15, 0.2) is 0 Å². The van der Waals surface area contributed by atoms with Crippen LogP contribution in [0.4, 0.5) is 0 Å². The first-order chi connectivity index (χ1) is 17.2. The van der Waals surface area contributed by atoms with Crippen LogP contribution in [0.3, 0.4) is 0 Å². The lowest BCUT2D eigenvalue weighted by Crippen LogP contribution is -2.19. The summed E-state index contributed by atoms with van der Waals surface area (Å²) in [5.41, 5.74) is 11.9. The lowest BCUT2D eigenvalue weighted by molar-refractivity contribution is 0.526. The molecular weight excluding hydrogens is 420 g/mol. The van der Waals surface area contributed by atoms with Crippen LogP contribution in [0.25, 0.3) is 0 Å². The van der Waals surface area contributed by atoms with Crippen LogP contribution in [0.2, 0.25) is 0 Å². The average Bonchev–Trinajstić information content (AvgIpc) is 2.91. The maximum absolute atomic E-state index is 2.39. The molecule has 0 saturated heterocycles. The molecule has 0 heteroatoms. The zero-order valence-electron chi connectivity index (χ0n) is 21.9. The van der Waals surface area contributed by atoms with Gasteiger partial charge in [0.1, 0.15) is 0 Å². The number of hydrogen-bond acceptors (Lipinski definition) is 0. The second-order valence-corrected chi connectivity index (χ2v) is 9.76. The zero-order chi connectivity index (χ0) is 24.6. The summed E-state index contributed by atoms with van der Waals surface area (Å²) < 4.78 is 0. The van der Waals surface area contributed by atoms with E-state index < -0.39 is 0 Å². The van der Waals surface area contributed by atoms with Crippen LogP contribution in [0, 0.1) is 6.92 Å². The molecule has 0 saturated carbocycles. The van der Waals surface area contributed by atoms with Gasteiger partial charge in [-0.3, -0.25) is 0 Å². The van der Waals surface area contributed by atoms with Crippen LogP contribution in [-0.4, -0.2) is 0 Å². The molecule has 4 aromatic carbocycles. The minimum atomic E-state index is 0.402. The fourth-order valence-corrected chi connectivity index (χ4v) is 5.92. The highest BCUT2D eigenvalue weighted by molar-refractivity contribution is 5.43. The summed E-state index contributed by atoms with van der Waals surface area (Å²) in [6, 6.07) is 36.3. The molecule has 0 N–H and O–H groups in total. The Hall–Kier alpha value is -3.12. The monoisotopic (exact) mass is 460 g/mol. The largest absolute Gasteiger partial charge is 0.0622 e. The second kappa shape index (κ2) is 12.0. The normalized spacial score (nSPS) is 12.9. The lowest BCUT2D eigenvalue weighted by atomic mass is 9.72. The molecule has 35 heavy (non-hydrogen) atoms. The molecule has 0 aliphatic heterocycles. The van der Waals surface area contributed by atoms with E-state index in [0.29, 0.717) is 11.8 Å². The number of aryl methyl sites for hydroxylation is 2. The van der Waals surface area contributed by atoms with Gasteiger partial charge in [0.2, 0.25) is 0 Å². The van der Waals surface area contributed by atoms with E-state index in [1.807, 2.05) is 0 Å². The molecule has 0 aliphatic carbocycles. The molecule has 0 fully saturated rings. The predicted molar refractivity (Wildman–Crippen MR) is 152 cm³/mol. The van der Waals surface area contributed by atoms with Crippen molar-refractivity contribution in [2.75, 3.05) is 0 Å². The van der Waals surface area contributed by atoms with Crippen LogP contribution in [0.15, 0.2) is 97.1 Å². The van der Waals surface area contributed by atoms with Gasteiger partial charge in [-0.15, -0.1) is 0 Å².